The second-order valence-electron chi connectivity index (χ2n) is 8.40. The number of benzene rings is 2. The fourth-order valence-corrected chi connectivity index (χ4v) is 5.40. The highest BCUT2D eigenvalue weighted by Crippen LogP contribution is 2.25. The number of hydrogen-bond acceptors (Lipinski definition) is 5. The summed E-state index contributed by atoms with van der Waals surface area (Å²) in [5, 5.41) is 2.58. The van der Waals surface area contributed by atoms with Crippen molar-refractivity contribution in [1.29, 1.82) is 0 Å². The quantitative estimate of drug-likeness (QED) is 0.551. The maximum atomic E-state index is 12.9. The maximum absolute atomic E-state index is 12.9. The van der Waals surface area contributed by atoms with Gasteiger partial charge in [0.1, 0.15) is 0 Å². The van der Waals surface area contributed by atoms with Crippen LogP contribution in [0.3, 0.4) is 0 Å². The number of piperidine rings is 1. The smallest absolute Gasteiger partial charge is 0.326 e. The van der Waals surface area contributed by atoms with Crippen LogP contribution in [0.4, 0.5) is 5.69 Å². The van der Waals surface area contributed by atoms with E-state index in [4.69, 9.17) is 0 Å². The Bertz CT molecular complexity index is 1370. The number of imidazole rings is 1. The summed E-state index contributed by atoms with van der Waals surface area (Å²) in [4.78, 5) is 41.0. The Kier molecular flexibility index (Phi) is 6.58. The summed E-state index contributed by atoms with van der Waals surface area (Å²) in [5.74, 6) is -0.540. The molecule has 2 N–H and O–H groups in total. The number of anilines is 1. The molecule has 10 nitrogen and oxygen atoms in total. The number of fused-ring (bicyclic) bond motifs is 1. The van der Waals surface area contributed by atoms with E-state index in [1.54, 1.807) is 9.47 Å². The standard InChI is InChI=1S/C23H27N5O5S/c1-16(29)24-17-7-9-19(10-8-17)34(32,33)26(2)15-22(30)27-13-11-18(12-14-27)28-21-6-4-3-5-20(21)25-23(28)31/h3-10,18H,11-15H2,1-2H3,(H,24,29)(H,25,31). The van der Waals surface area contributed by atoms with E-state index >= 15 is 0 Å². The van der Waals surface area contributed by atoms with E-state index in [0.717, 1.165) is 15.3 Å². The van der Waals surface area contributed by atoms with Crippen molar-refractivity contribution < 1.29 is 18.0 Å². The van der Waals surface area contributed by atoms with Crippen LogP contribution in [0.1, 0.15) is 25.8 Å². The van der Waals surface area contributed by atoms with Crippen molar-refractivity contribution in [2.24, 2.45) is 0 Å². The van der Waals surface area contributed by atoms with E-state index in [-0.39, 0.29) is 35.0 Å². The predicted molar refractivity (Wildman–Crippen MR) is 128 cm³/mol. The van der Waals surface area contributed by atoms with Crippen LogP contribution in [-0.2, 0) is 19.6 Å². The molecule has 2 amide bonds. The average molecular weight is 486 g/mol. The maximum Gasteiger partial charge on any atom is 0.326 e. The Morgan fingerprint density at radius 2 is 1.74 bits per heavy atom. The molecule has 4 rings (SSSR count). The molecule has 11 heteroatoms. The van der Waals surface area contributed by atoms with E-state index in [1.807, 2.05) is 24.3 Å². The van der Waals surface area contributed by atoms with Crippen LogP contribution >= 0.6 is 0 Å². The minimum absolute atomic E-state index is 0.0312. The van der Waals surface area contributed by atoms with Gasteiger partial charge in [0.05, 0.1) is 22.5 Å². The molecule has 0 bridgehead atoms. The van der Waals surface area contributed by atoms with Crippen molar-refractivity contribution in [3.05, 3.63) is 59.0 Å². The number of para-hydroxylation sites is 2. The summed E-state index contributed by atoms with van der Waals surface area (Å²) >= 11 is 0. The first-order valence-corrected chi connectivity index (χ1v) is 12.4. The zero-order chi connectivity index (χ0) is 24.5. The van der Waals surface area contributed by atoms with Crippen LogP contribution in [-0.4, -0.2) is 65.7 Å². The summed E-state index contributed by atoms with van der Waals surface area (Å²) in [5.41, 5.74) is 1.94. The van der Waals surface area contributed by atoms with Crippen LogP contribution in [0, 0.1) is 0 Å². The van der Waals surface area contributed by atoms with Crippen LogP contribution in [0.25, 0.3) is 11.0 Å². The predicted octanol–water partition coefficient (Wildman–Crippen LogP) is 1.77. The lowest BCUT2D eigenvalue weighted by atomic mass is 10.0. The molecule has 1 saturated heterocycles. The molecule has 0 atom stereocenters. The first-order valence-electron chi connectivity index (χ1n) is 11.0. The van der Waals surface area contributed by atoms with E-state index in [2.05, 4.69) is 10.3 Å². The fraction of sp³-hybridized carbons (Fsp3) is 0.348. The summed E-state index contributed by atoms with van der Waals surface area (Å²) in [7, 11) is -2.50. The molecule has 2 aromatic carbocycles. The average Bonchev–Trinajstić information content (AvgIpc) is 3.14. The number of likely N-dealkylation sites (tertiary alicyclic amines) is 1. The van der Waals surface area contributed by atoms with Crippen LogP contribution in [0.5, 0.6) is 0 Å². The van der Waals surface area contributed by atoms with Gasteiger partial charge < -0.3 is 15.2 Å². The van der Waals surface area contributed by atoms with E-state index in [9.17, 15) is 22.8 Å². The second kappa shape index (κ2) is 9.43. The molecule has 34 heavy (non-hydrogen) atoms. The summed E-state index contributed by atoms with van der Waals surface area (Å²) in [6, 6.07) is 13.3. The van der Waals surface area contributed by atoms with Gasteiger partial charge in [0.15, 0.2) is 0 Å². The number of carbonyl (C=O) groups is 2. The molecule has 0 spiro atoms. The second-order valence-corrected chi connectivity index (χ2v) is 10.4. The lowest BCUT2D eigenvalue weighted by Gasteiger charge is -2.33. The molecule has 1 aliphatic rings. The van der Waals surface area contributed by atoms with Gasteiger partial charge in [-0.25, -0.2) is 13.2 Å². The monoisotopic (exact) mass is 485 g/mol. The van der Waals surface area contributed by atoms with Crippen molar-refractivity contribution >= 4 is 38.6 Å². The van der Waals surface area contributed by atoms with Crippen molar-refractivity contribution in [1.82, 2.24) is 18.8 Å². The molecular formula is C23H27N5O5S. The van der Waals surface area contributed by atoms with Gasteiger partial charge in [0.2, 0.25) is 21.8 Å². The van der Waals surface area contributed by atoms with Gasteiger partial charge >= 0.3 is 5.69 Å². The summed E-state index contributed by atoms with van der Waals surface area (Å²) < 4.78 is 28.5. The zero-order valence-electron chi connectivity index (χ0n) is 19.0. The Morgan fingerprint density at radius 3 is 2.38 bits per heavy atom. The molecule has 1 fully saturated rings. The van der Waals surface area contributed by atoms with Gasteiger partial charge in [0, 0.05) is 38.8 Å². The van der Waals surface area contributed by atoms with E-state index < -0.39 is 10.0 Å². The lowest BCUT2D eigenvalue weighted by molar-refractivity contribution is -0.132. The van der Waals surface area contributed by atoms with Crippen molar-refractivity contribution in [2.75, 3.05) is 32.0 Å². The van der Waals surface area contributed by atoms with Crippen LogP contribution in [0.2, 0.25) is 0 Å². The zero-order valence-corrected chi connectivity index (χ0v) is 19.8. The topological polar surface area (TPSA) is 125 Å². The number of hydrogen-bond donors (Lipinski definition) is 2. The molecule has 2 heterocycles. The SMILES string of the molecule is CC(=O)Nc1ccc(S(=O)(=O)N(C)CC(=O)N2CCC(n3c(=O)[nH]c4ccccc43)CC2)cc1. The van der Waals surface area contributed by atoms with Crippen LogP contribution < -0.4 is 11.0 Å². The molecule has 1 aromatic heterocycles. The third-order valence-electron chi connectivity index (χ3n) is 6.05. The number of likely N-dealkylation sites (N-methyl/N-ethyl adjacent to an activating group) is 1. The Labute approximate surface area is 197 Å². The third-order valence-corrected chi connectivity index (χ3v) is 7.86. The fourth-order valence-electron chi connectivity index (χ4n) is 4.28. The molecule has 1 aliphatic heterocycles. The van der Waals surface area contributed by atoms with Gasteiger partial charge in [-0.1, -0.05) is 12.1 Å². The number of nitrogens with zero attached hydrogens (tertiary/aromatic N) is 3. The third kappa shape index (κ3) is 4.75. The normalized spacial score (nSPS) is 15.1. The molecule has 0 saturated carbocycles. The Balaban J connectivity index is 1.38. The van der Waals surface area contributed by atoms with Crippen molar-refractivity contribution in [3.8, 4) is 0 Å². The highest BCUT2D eigenvalue weighted by atomic mass is 32.2. The van der Waals surface area contributed by atoms with E-state index in [0.29, 0.717) is 31.6 Å². The highest BCUT2D eigenvalue weighted by molar-refractivity contribution is 7.89. The van der Waals surface area contributed by atoms with Gasteiger partial charge in [0.25, 0.3) is 0 Å². The number of aromatic amines is 1. The number of nitrogens with one attached hydrogen (secondary N) is 2. The molecule has 3 aromatic rings. The van der Waals surface area contributed by atoms with E-state index in [1.165, 1.54) is 38.2 Å². The Morgan fingerprint density at radius 1 is 1.09 bits per heavy atom. The number of carbonyl (C=O) groups excluding carboxylic acids is 2. The molecule has 180 valence electrons. The molecular weight excluding hydrogens is 458 g/mol. The van der Waals surface area contributed by atoms with Crippen molar-refractivity contribution in [3.63, 3.8) is 0 Å². The molecule has 0 radical (unpaired) electrons. The van der Waals surface area contributed by atoms with Gasteiger partial charge in [-0.05, 0) is 49.2 Å². The first-order chi connectivity index (χ1) is 16.2. The minimum atomic E-state index is -3.87. The lowest BCUT2D eigenvalue weighted by Crippen LogP contribution is -2.45. The highest BCUT2D eigenvalue weighted by Gasteiger charge is 2.29. The number of sulfonamides is 1. The molecule has 0 aliphatic carbocycles. The molecule has 0 unspecified atom stereocenters. The summed E-state index contributed by atoms with van der Waals surface area (Å²) in [6.07, 6.45) is 1.21. The Hall–Kier alpha value is -3.44. The minimum Gasteiger partial charge on any atom is -0.341 e. The number of rotatable bonds is 6. The number of amides is 2. The largest absolute Gasteiger partial charge is 0.341 e. The van der Waals surface area contributed by atoms with Gasteiger partial charge in [-0.15, -0.1) is 0 Å². The van der Waals surface area contributed by atoms with Gasteiger partial charge in [-0.3, -0.25) is 14.2 Å². The van der Waals surface area contributed by atoms with Crippen LogP contribution in [0.15, 0.2) is 58.2 Å². The number of H-pyrrole nitrogens is 1. The summed E-state index contributed by atoms with van der Waals surface area (Å²) in [6.45, 7) is 1.96. The van der Waals surface area contributed by atoms with Gasteiger partial charge in [-0.2, -0.15) is 4.31 Å². The van der Waals surface area contributed by atoms with Crippen molar-refractivity contribution in [2.45, 2.75) is 30.7 Å². The first kappa shape index (κ1) is 23.7. The number of aromatic nitrogens is 2.